The highest BCUT2D eigenvalue weighted by Gasteiger charge is 2.32. The average Bonchev–Trinajstić information content (AvgIpc) is 2.73. The Bertz CT molecular complexity index is 795. The minimum Gasteiger partial charge on any atom is -0.482 e. The van der Waals surface area contributed by atoms with E-state index < -0.39 is 5.41 Å². The van der Waals surface area contributed by atoms with Crippen molar-refractivity contribution >= 4 is 35.0 Å². The van der Waals surface area contributed by atoms with E-state index in [9.17, 15) is 14.4 Å². The van der Waals surface area contributed by atoms with E-state index >= 15 is 0 Å². The Morgan fingerprint density at radius 1 is 1.16 bits per heavy atom. The molecule has 1 fully saturated rings. The first-order valence-electron chi connectivity index (χ1n) is 10.9. The fraction of sp³-hybridized carbons (Fsp3) is 0.609. The summed E-state index contributed by atoms with van der Waals surface area (Å²) in [6.07, 6.45) is 1.27. The number of nitrogens with one attached hydrogen (secondary N) is 1. The van der Waals surface area contributed by atoms with Crippen LogP contribution in [0.4, 0.5) is 5.69 Å². The maximum atomic E-state index is 12.7. The van der Waals surface area contributed by atoms with Gasteiger partial charge in [-0.15, -0.1) is 0 Å². The quantitative estimate of drug-likeness (QED) is 0.683. The van der Waals surface area contributed by atoms with Crippen molar-refractivity contribution in [3.63, 3.8) is 0 Å². The van der Waals surface area contributed by atoms with E-state index in [1.807, 2.05) is 39.5 Å². The lowest BCUT2D eigenvalue weighted by atomic mass is 9.90. The average molecular weight is 452 g/mol. The third kappa shape index (κ3) is 6.86. The van der Waals surface area contributed by atoms with Gasteiger partial charge in [0.15, 0.2) is 6.61 Å². The molecule has 1 N–H and O–H groups in total. The van der Waals surface area contributed by atoms with Gasteiger partial charge in [-0.3, -0.25) is 14.4 Å². The summed E-state index contributed by atoms with van der Waals surface area (Å²) in [6, 6.07) is 4.98. The number of halogens is 1. The number of anilines is 1. The fourth-order valence-electron chi connectivity index (χ4n) is 3.57. The van der Waals surface area contributed by atoms with Gasteiger partial charge in [0.05, 0.1) is 5.02 Å². The van der Waals surface area contributed by atoms with E-state index in [0.717, 1.165) is 0 Å². The van der Waals surface area contributed by atoms with E-state index in [4.69, 9.17) is 16.3 Å². The zero-order valence-electron chi connectivity index (χ0n) is 19.2. The van der Waals surface area contributed by atoms with E-state index in [2.05, 4.69) is 5.32 Å². The van der Waals surface area contributed by atoms with Gasteiger partial charge in [0.1, 0.15) is 5.75 Å². The van der Waals surface area contributed by atoms with Crippen molar-refractivity contribution in [2.45, 2.75) is 47.5 Å². The van der Waals surface area contributed by atoms with Crippen molar-refractivity contribution in [2.24, 2.45) is 11.3 Å². The normalized spacial score (nSPS) is 14.8. The third-order valence-electron chi connectivity index (χ3n) is 5.46. The first kappa shape index (κ1) is 25.0. The van der Waals surface area contributed by atoms with Crippen LogP contribution in [-0.2, 0) is 14.4 Å². The van der Waals surface area contributed by atoms with Gasteiger partial charge in [-0.2, -0.15) is 0 Å². The number of nitrogens with zero attached hydrogens (tertiary/aromatic N) is 2. The summed E-state index contributed by atoms with van der Waals surface area (Å²) in [5.74, 6) is 0.187. The molecule has 0 aromatic heterocycles. The number of benzene rings is 1. The minimum atomic E-state index is -0.411. The van der Waals surface area contributed by atoms with Crippen LogP contribution in [0.5, 0.6) is 5.75 Å². The van der Waals surface area contributed by atoms with Gasteiger partial charge >= 0.3 is 0 Å². The molecule has 0 unspecified atom stereocenters. The highest BCUT2D eigenvalue weighted by atomic mass is 35.5. The number of hydrogen-bond donors (Lipinski definition) is 1. The number of likely N-dealkylation sites (N-methyl/N-ethyl adjacent to an activating group) is 1. The van der Waals surface area contributed by atoms with Crippen LogP contribution in [0.15, 0.2) is 18.2 Å². The van der Waals surface area contributed by atoms with Gasteiger partial charge in [0.2, 0.25) is 11.8 Å². The van der Waals surface area contributed by atoms with Crippen molar-refractivity contribution in [3.05, 3.63) is 23.2 Å². The Labute approximate surface area is 190 Å². The van der Waals surface area contributed by atoms with Crippen molar-refractivity contribution in [2.75, 3.05) is 38.1 Å². The first-order chi connectivity index (χ1) is 14.6. The molecule has 0 spiro atoms. The van der Waals surface area contributed by atoms with Gasteiger partial charge in [0, 0.05) is 43.2 Å². The van der Waals surface area contributed by atoms with Crippen LogP contribution in [0.3, 0.4) is 0 Å². The summed E-state index contributed by atoms with van der Waals surface area (Å²) < 4.78 is 5.55. The van der Waals surface area contributed by atoms with Crippen molar-refractivity contribution in [3.8, 4) is 5.75 Å². The lowest BCUT2D eigenvalue weighted by molar-refractivity contribution is -0.142. The highest BCUT2D eigenvalue weighted by Crippen LogP contribution is 2.29. The molecule has 3 amide bonds. The maximum Gasteiger partial charge on any atom is 0.260 e. The second-order valence-electron chi connectivity index (χ2n) is 8.81. The summed E-state index contributed by atoms with van der Waals surface area (Å²) in [7, 11) is 0. The summed E-state index contributed by atoms with van der Waals surface area (Å²) in [5, 5.41) is 3.23. The molecule has 0 aliphatic carbocycles. The fourth-order valence-corrected chi connectivity index (χ4v) is 3.80. The molecule has 0 atom stereocenters. The summed E-state index contributed by atoms with van der Waals surface area (Å²) in [6.45, 7) is 11.9. The molecule has 0 radical (unpaired) electrons. The Morgan fingerprint density at radius 3 is 2.29 bits per heavy atom. The lowest BCUT2D eigenvalue weighted by Crippen LogP contribution is -2.45. The number of likely N-dealkylation sites (tertiary alicyclic amines) is 1. The van der Waals surface area contributed by atoms with Crippen LogP contribution in [0, 0.1) is 11.3 Å². The molecule has 31 heavy (non-hydrogen) atoms. The molecule has 1 aliphatic rings. The van der Waals surface area contributed by atoms with Gasteiger partial charge in [-0.1, -0.05) is 32.4 Å². The number of carbonyl (C=O) groups is 3. The van der Waals surface area contributed by atoms with Crippen LogP contribution in [0.1, 0.15) is 47.5 Å². The molecule has 0 saturated carbocycles. The topological polar surface area (TPSA) is 79.0 Å². The predicted octanol–water partition coefficient (Wildman–Crippen LogP) is 3.81. The number of amides is 3. The van der Waals surface area contributed by atoms with Crippen LogP contribution >= 0.6 is 11.6 Å². The Balaban J connectivity index is 1.88. The molecule has 172 valence electrons. The van der Waals surface area contributed by atoms with Gasteiger partial charge in [-0.05, 0) is 44.9 Å². The van der Waals surface area contributed by atoms with Crippen molar-refractivity contribution in [1.82, 2.24) is 9.80 Å². The van der Waals surface area contributed by atoms with Crippen LogP contribution in [-0.4, -0.2) is 60.3 Å². The number of carbonyl (C=O) groups excluding carboxylic acids is 3. The molecule has 2 rings (SSSR count). The number of hydrogen-bond acceptors (Lipinski definition) is 4. The highest BCUT2D eigenvalue weighted by molar-refractivity contribution is 6.32. The maximum absolute atomic E-state index is 12.7. The van der Waals surface area contributed by atoms with Crippen LogP contribution < -0.4 is 10.1 Å². The second kappa shape index (κ2) is 10.8. The van der Waals surface area contributed by atoms with E-state index in [0.29, 0.717) is 55.5 Å². The summed E-state index contributed by atoms with van der Waals surface area (Å²) >= 11 is 6.28. The summed E-state index contributed by atoms with van der Waals surface area (Å²) in [4.78, 5) is 40.6. The second-order valence-corrected chi connectivity index (χ2v) is 9.21. The smallest absolute Gasteiger partial charge is 0.260 e. The van der Waals surface area contributed by atoms with Crippen LogP contribution in [0.25, 0.3) is 0 Å². The number of piperidine rings is 1. The van der Waals surface area contributed by atoms with Crippen molar-refractivity contribution < 1.29 is 19.1 Å². The zero-order chi connectivity index (χ0) is 23.2. The Morgan fingerprint density at radius 2 is 1.77 bits per heavy atom. The monoisotopic (exact) mass is 451 g/mol. The molecule has 1 aromatic carbocycles. The predicted molar refractivity (Wildman–Crippen MR) is 122 cm³/mol. The largest absolute Gasteiger partial charge is 0.482 e. The van der Waals surface area contributed by atoms with Gasteiger partial charge in [0.25, 0.3) is 5.91 Å². The molecule has 1 heterocycles. The Hall–Kier alpha value is -2.28. The summed E-state index contributed by atoms with van der Waals surface area (Å²) in [5.41, 5.74) is 0.164. The van der Waals surface area contributed by atoms with Crippen LogP contribution in [0.2, 0.25) is 5.02 Å². The Kier molecular flexibility index (Phi) is 8.74. The lowest BCUT2D eigenvalue weighted by Gasteiger charge is -2.35. The molecule has 7 nitrogen and oxygen atoms in total. The molecule has 1 saturated heterocycles. The third-order valence-corrected chi connectivity index (χ3v) is 5.76. The molecular formula is C23H34ClN3O4. The molecular weight excluding hydrogens is 418 g/mol. The van der Waals surface area contributed by atoms with E-state index in [-0.39, 0.29) is 30.2 Å². The van der Waals surface area contributed by atoms with E-state index in [1.54, 1.807) is 23.1 Å². The van der Waals surface area contributed by atoms with Gasteiger partial charge in [-0.25, -0.2) is 0 Å². The standard InChI is InChI=1S/C23H34ClN3O4/c1-6-26(7-2)20(28)15-31-19-9-8-17(14-18(19)24)25-21(29)16-10-12-27(13-11-16)22(30)23(3,4)5/h8-9,14,16H,6-7,10-13,15H2,1-5H3,(H,25,29). The number of rotatable bonds is 7. The number of ether oxygens (including phenoxy) is 1. The molecule has 1 aliphatic heterocycles. The van der Waals surface area contributed by atoms with Gasteiger partial charge < -0.3 is 19.9 Å². The SMILES string of the molecule is CCN(CC)C(=O)COc1ccc(NC(=O)C2CCN(C(=O)C(C)(C)C)CC2)cc1Cl. The molecule has 1 aromatic rings. The first-order valence-corrected chi connectivity index (χ1v) is 11.2. The zero-order valence-corrected chi connectivity index (χ0v) is 19.9. The van der Waals surface area contributed by atoms with Crippen molar-refractivity contribution in [1.29, 1.82) is 0 Å². The molecule has 0 bridgehead atoms. The molecule has 8 heteroatoms. The van der Waals surface area contributed by atoms with E-state index in [1.165, 1.54) is 0 Å². The minimum absolute atomic E-state index is 0.0793.